The van der Waals surface area contributed by atoms with Crippen LogP contribution in [-0.2, 0) is 17.6 Å². The van der Waals surface area contributed by atoms with Gasteiger partial charge in [0, 0.05) is 30.0 Å². The van der Waals surface area contributed by atoms with Gasteiger partial charge in [-0.1, -0.05) is 24.3 Å². The summed E-state index contributed by atoms with van der Waals surface area (Å²) in [5.74, 6) is -1.57. The second-order valence-corrected chi connectivity index (χ2v) is 8.08. The van der Waals surface area contributed by atoms with Gasteiger partial charge in [0.2, 0.25) is 0 Å². The Morgan fingerprint density at radius 1 is 1.08 bits per heavy atom. The molecule has 0 unspecified atom stereocenters. The number of carbonyl (C=O) groups is 2. The number of phenolic OH excluding ortho intramolecular Hbond substituents is 1. The van der Waals surface area contributed by atoms with Crippen LogP contribution in [0.5, 0.6) is 5.75 Å². The van der Waals surface area contributed by atoms with Crippen molar-refractivity contribution >= 4 is 35.0 Å². The summed E-state index contributed by atoms with van der Waals surface area (Å²) < 4.78 is 14.3. The molecule has 0 atom stereocenters. The first-order chi connectivity index (χ1) is 17.4. The first-order valence-electron chi connectivity index (χ1n) is 11.2. The molecule has 36 heavy (non-hydrogen) atoms. The number of hydrogen-bond donors (Lipinski definition) is 5. The van der Waals surface area contributed by atoms with Crippen molar-refractivity contribution < 1.29 is 24.2 Å². The van der Waals surface area contributed by atoms with E-state index in [-0.39, 0.29) is 28.4 Å². The Morgan fingerprint density at radius 3 is 2.56 bits per heavy atom. The van der Waals surface area contributed by atoms with Gasteiger partial charge < -0.3 is 20.9 Å². The van der Waals surface area contributed by atoms with Crippen molar-refractivity contribution in [2.45, 2.75) is 26.2 Å². The number of hydrazone groups is 1. The molecule has 0 saturated heterocycles. The van der Waals surface area contributed by atoms with Crippen LogP contribution in [0.2, 0.25) is 0 Å². The highest BCUT2D eigenvalue weighted by Gasteiger charge is 2.18. The molecular weight excluding hydrogens is 463 g/mol. The average Bonchev–Trinajstić information content (AvgIpc) is 3.35. The lowest BCUT2D eigenvalue weighted by molar-refractivity contribution is -0.110. The maximum Gasteiger partial charge on any atom is 0.277 e. The van der Waals surface area contributed by atoms with E-state index >= 15 is 0 Å². The summed E-state index contributed by atoms with van der Waals surface area (Å²) >= 11 is 0. The van der Waals surface area contributed by atoms with E-state index in [9.17, 15) is 19.1 Å². The highest BCUT2D eigenvalue weighted by molar-refractivity contribution is 6.67. The molecule has 5 N–H and O–H groups in total. The van der Waals surface area contributed by atoms with E-state index in [1.807, 2.05) is 18.2 Å². The number of nitrogens with zero attached hydrogens (tertiary/aromatic N) is 1. The molecule has 3 aromatic rings. The van der Waals surface area contributed by atoms with Gasteiger partial charge in [-0.15, -0.1) is 0 Å². The maximum absolute atomic E-state index is 14.3. The number of aromatic hydroxyl groups is 1. The fourth-order valence-electron chi connectivity index (χ4n) is 3.94. The summed E-state index contributed by atoms with van der Waals surface area (Å²) in [6.07, 6.45) is 3.73. The molecule has 1 aliphatic carbocycles. The zero-order valence-corrected chi connectivity index (χ0v) is 19.9. The summed E-state index contributed by atoms with van der Waals surface area (Å²) in [6.45, 7) is 1.41. The lowest BCUT2D eigenvalue weighted by atomic mass is 10.0. The number of aryl methyl sites for hydroxylation is 2. The summed E-state index contributed by atoms with van der Waals surface area (Å²) in [7, 11) is 1.00. The van der Waals surface area contributed by atoms with Gasteiger partial charge in [-0.2, -0.15) is 5.10 Å². The third-order valence-electron chi connectivity index (χ3n) is 5.62. The van der Waals surface area contributed by atoms with E-state index in [2.05, 4.69) is 15.8 Å². The number of rotatable bonds is 7. The average molecular weight is 491 g/mol. The molecule has 9 heteroatoms. The van der Waals surface area contributed by atoms with Gasteiger partial charge in [-0.25, -0.2) is 4.39 Å². The van der Waals surface area contributed by atoms with Crippen LogP contribution in [0.3, 0.4) is 0 Å². The fraction of sp³-hybridized carbons (Fsp3) is 0.185. The number of aliphatic hydroxyl groups is 1. The van der Waals surface area contributed by atoms with Crippen molar-refractivity contribution in [1.82, 2.24) is 0 Å². The number of benzene rings is 3. The number of halogens is 1. The Kier molecular flexibility index (Phi) is 8.64. The number of fused-ring (bicyclic) bond motifs is 1. The number of nitrogens with one attached hydrogen (secondary N) is 3. The molecule has 0 radical (unpaired) electrons. The molecule has 0 aromatic heterocycles. The fourth-order valence-corrected chi connectivity index (χ4v) is 3.94. The Bertz CT molecular complexity index is 1340. The van der Waals surface area contributed by atoms with E-state index in [0.29, 0.717) is 23.1 Å². The summed E-state index contributed by atoms with van der Waals surface area (Å²) in [5, 5.41) is 32.4. The molecule has 0 spiro atoms. The SMILES string of the molecule is CC(=N)/C(=N/Nc1cc(F)cc(-c2cccc(C=O)c2)c1O)C(=O)Nc1ccc2c(c1)CCC2.CO. The number of aldehydes is 1. The van der Waals surface area contributed by atoms with E-state index < -0.39 is 11.7 Å². The van der Waals surface area contributed by atoms with E-state index in [0.717, 1.165) is 38.5 Å². The number of carbonyl (C=O) groups excluding carboxylic acids is 2. The van der Waals surface area contributed by atoms with E-state index in [1.54, 1.807) is 18.2 Å². The predicted molar refractivity (Wildman–Crippen MR) is 139 cm³/mol. The molecular formula is C27H27FN4O4. The Morgan fingerprint density at radius 2 is 1.83 bits per heavy atom. The summed E-state index contributed by atoms with van der Waals surface area (Å²) in [4.78, 5) is 23.9. The Labute approximate surface area is 208 Å². The monoisotopic (exact) mass is 490 g/mol. The quantitative estimate of drug-likeness (QED) is 0.143. The van der Waals surface area contributed by atoms with Gasteiger partial charge in [0.15, 0.2) is 5.71 Å². The van der Waals surface area contributed by atoms with Crippen LogP contribution in [0.15, 0.2) is 59.7 Å². The molecule has 0 saturated carbocycles. The molecule has 8 nitrogen and oxygen atoms in total. The standard InChI is InChI=1S/C26H23FN4O3.CH4O/c1-15(28)24(26(34)29-21-9-8-17-5-3-6-18(17)11-21)31-30-23-13-20(27)12-22(25(23)33)19-7-2-4-16(10-19)14-32;1-2/h2,4,7-14,28,30,33H,3,5-6H2,1H3,(H,29,34);2H,1H3/b28-15?,31-24-;. The second-order valence-electron chi connectivity index (χ2n) is 8.08. The molecule has 4 rings (SSSR count). The van der Waals surface area contributed by atoms with Gasteiger partial charge in [-0.3, -0.25) is 15.0 Å². The van der Waals surface area contributed by atoms with Crippen molar-refractivity contribution in [2.75, 3.05) is 17.9 Å². The minimum absolute atomic E-state index is 0.0874. The van der Waals surface area contributed by atoms with E-state index in [1.165, 1.54) is 24.1 Å². The van der Waals surface area contributed by atoms with Gasteiger partial charge in [0.1, 0.15) is 23.5 Å². The van der Waals surface area contributed by atoms with Gasteiger partial charge in [0.05, 0.1) is 5.71 Å². The molecule has 0 heterocycles. The molecule has 186 valence electrons. The smallest absolute Gasteiger partial charge is 0.277 e. The first-order valence-corrected chi connectivity index (χ1v) is 11.2. The van der Waals surface area contributed by atoms with Crippen molar-refractivity contribution in [2.24, 2.45) is 5.10 Å². The lowest BCUT2D eigenvalue weighted by Gasteiger charge is -2.12. The normalized spacial score (nSPS) is 12.2. The molecule has 1 amide bonds. The molecule has 0 fully saturated rings. The number of aliphatic hydroxyl groups excluding tert-OH is 1. The second kappa shape index (κ2) is 11.9. The zero-order valence-electron chi connectivity index (χ0n) is 19.9. The van der Waals surface area contributed by atoms with Gasteiger partial charge in [-0.05, 0) is 67.1 Å². The minimum Gasteiger partial charge on any atom is -0.505 e. The van der Waals surface area contributed by atoms with Crippen LogP contribution in [-0.4, -0.2) is 40.9 Å². The van der Waals surface area contributed by atoms with E-state index in [4.69, 9.17) is 10.5 Å². The Balaban J connectivity index is 0.00000176. The van der Waals surface area contributed by atoms with Gasteiger partial charge >= 0.3 is 0 Å². The first kappa shape index (κ1) is 26.2. The maximum atomic E-state index is 14.3. The lowest BCUT2D eigenvalue weighted by Crippen LogP contribution is -2.29. The van der Waals surface area contributed by atoms with Crippen LogP contribution < -0.4 is 10.7 Å². The third kappa shape index (κ3) is 6.00. The number of amides is 1. The summed E-state index contributed by atoms with van der Waals surface area (Å²) in [5.41, 5.74) is 6.12. The third-order valence-corrected chi connectivity index (χ3v) is 5.62. The van der Waals surface area contributed by atoms with Crippen LogP contribution in [0, 0.1) is 11.2 Å². The van der Waals surface area contributed by atoms with Crippen LogP contribution >= 0.6 is 0 Å². The Hall–Kier alpha value is -4.37. The topological polar surface area (TPSA) is 135 Å². The predicted octanol–water partition coefficient (Wildman–Crippen LogP) is 4.55. The number of hydrogen-bond acceptors (Lipinski definition) is 7. The number of anilines is 2. The highest BCUT2D eigenvalue weighted by atomic mass is 19.1. The van der Waals surface area contributed by atoms with Crippen molar-refractivity contribution in [3.63, 3.8) is 0 Å². The van der Waals surface area contributed by atoms with Crippen LogP contribution in [0.4, 0.5) is 15.8 Å². The molecule has 1 aliphatic rings. The van der Waals surface area contributed by atoms with Gasteiger partial charge in [0.25, 0.3) is 5.91 Å². The summed E-state index contributed by atoms with van der Waals surface area (Å²) in [6, 6.07) is 14.2. The van der Waals surface area contributed by atoms with Crippen LogP contribution in [0.25, 0.3) is 11.1 Å². The molecule has 3 aromatic carbocycles. The molecule has 0 aliphatic heterocycles. The van der Waals surface area contributed by atoms with Crippen LogP contribution in [0.1, 0.15) is 34.8 Å². The van der Waals surface area contributed by atoms with Crippen molar-refractivity contribution in [3.8, 4) is 16.9 Å². The zero-order chi connectivity index (χ0) is 26.2. The van der Waals surface area contributed by atoms with Crippen molar-refractivity contribution in [1.29, 1.82) is 5.41 Å². The minimum atomic E-state index is -0.655. The number of phenols is 1. The molecule has 0 bridgehead atoms. The highest BCUT2D eigenvalue weighted by Crippen LogP contribution is 2.37. The van der Waals surface area contributed by atoms with Crippen molar-refractivity contribution in [3.05, 3.63) is 77.1 Å². The largest absolute Gasteiger partial charge is 0.505 e.